The molecule has 2 fully saturated rings. The Morgan fingerprint density at radius 3 is 2.21 bits per heavy atom. The molecule has 2 aliphatic carbocycles. The van der Waals surface area contributed by atoms with Gasteiger partial charge in [-0.05, 0) is 97.7 Å². The van der Waals surface area contributed by atoms with Crippen LogP contribution in [0.15, 0.2) is 79.3 Å². The molecule has 0 amide bonds. The lowest BCUT2D eigenvalue weighted by molar-refractivity contribution is 0.0754. The molecule has 2 saturated carbocycles. The van der Waals surface area contributed by atoms with E-state index in [1.54, 1.807) is 0 Å². The van der Waals surface area contributed by atoms with Crippen LogP contribution in [-0.4, -0.2) is 14.5 Å². The Bertz CT molecular complexity index is 1220. The molecule has 4 heteroatoms. The normalized spacial score (nSPS) is 21.7. The smallest absolute Gasteiger partial charge is 0.127 e. The van der Waals surface area contributed by atoms with E-state index in [1.165, 1.54) is 24.0 Å². The minimum absolute atomic E-state index is 0.299. The zero-order valence-corrected chi connectivity index (χ0v) is 18.8. The molecular weight excluding hydrogens is 408 g/mol. The third-order valence-corrected chi connectivity index (χ3v) is 7.50. The van der Waals surface area contributed by atoms with E-state index in [2.05, 4.69) is 45.8 Å². The van der Waals surface area contributed by atoms with E-state index in [-0.39, 0.29) is 0 Å². The first-order valence-corrected chi connectivity index (χ1v) is 12.2. The molecule has 2 aromatic carbocycles. The quantitative estimate of drug-likeness (QED) is 0.352. The molecule has 2 heterocycles. The summed E-state index contributed by atoms with van der Waals surface area (Å²) in [6.07, 6.45) is 10.1. The van der Waals surface area contributed by atoms with Gasteiger partial charge in [-0.2, -0.15) is 0 Å². The molecule has 2 aliphatic rings. The monoisotopic (exact) mass is 438 g/mol. The fraction of sp³-hybridized carbons (Fsp3) is 0.345. The summed E-state index contributed by atoms with van der Waals surface area (Å²) in [7, 11) is 0. The highest BCUT2D eigenvalue weighted by Crippen LogP contribution is 2.47. The highest BCUT2D eigenvalue weighted by Gasteiger charge is 2.34. The van der Waals surface area contributed by atoms with Gasteiger partial charge in [0, 0.05) is 0 Å². The summed E-state index contributed by atoms with van der Waals surface area (Å²) in [6.45, 7) is 0. The maximum absolute atomic E-state index is 11.5. The summed E-state index contributed by atoms with van der Waals surface area (Å²) in [6, 6.07) is 22.8. The van der Waals surface area contributed by atoms with E-state index in [9.17, 15) is 5.11 Å². The molecule has 1 atom stereocenters. The summed E-state index contributed by atoms with van der Waals surface area (Å²) in [5.41, 5.74) is 4.85. The van der Waals surface area contributed by atoms with Crippen molar-refractivity contribution in [1.29, 1.82) is 0 Å². The molecule has 0 bridgehead atoms. The zero-order chi connectivity index (χ0) is 22.2. The number of aromatic nitrogens is 2. The Labute approximate surface area is 194 Å². The average Bonchev–Trinajstić information content (AvgIpc) is 3.60. The lowest BCUT2D eigenvalue weighted by atomic mass is 9.75. The number of imidazole rings is 1. The lowest BCUT2D eigenvalue weighted by Crippen LogP contribution is -2.22. The van der Waals surface area contributed by atoms with Crippen LogP contribution in [0.25, 0.3) is 5.52 Å². The first-order chi connectivity index (χ1) is 16.3. The van der Waals surface area contributed by atoms with Crippen molar-refractivity contribution >= 4 is 5.52 Å². The van der Waals surface area contributed by atoms with Gasteiger partial charge < -0.3 is 14.2 Å². The molecule has 4 aromatic rings. The van der Waals surface area contributed by atoms with E-state index in [1.807, 2.05) is 42.9 Å². The standard InChI is InChI=1S/C29H30N2O2/c32-29(28-27(22-8-9-22)17-14-24-18-30-19-31(24)28)23-10-6-20(7-11-23)21-12-15-26(16-13-21)33-25-4-2-1-3-5-25/h1-5,12-20,22-23,29,32H,6-11H2/t20?,23?,29-/m1/s1. The van der Waals surface area contributed by atoms with Crippen molar-refractivity contribution in [3.63, 3.8) is 0 Å². The van der Waals surface area contributed by atoms with Gasteiger partial charge in [0.1, 0.15) is 11.5 Å². The first-order valence-electron chi connectivity index (χ1n) is 12.2. The maximum atomic E-state index is 11.5. The summed E-state index contributed by atoms with van der Waals surface area (Å²) in [5, 5.41) is 11.5. The number of aliphatic hydroxyl groups is 1. The van der Waals surface area contributed by atoms with Crippen molar-refractivity contribution in [3.05, 3.63) is 96.1 Å². The molecule has 0 aliphatic heterocycles. The number of ether oxygens (including phenoxy) is 1. The second-order valence-electron chi connectivity index (χ2n) is 9.68. The number of para-hydroxylation sites is 1. The van der Waals surface area contributed by atoms with Gasteiger partial charge in [-0.25, -0.2) is 4.98 Å². The molecule has 0 unspecified atom stereocenters. The van der Waals surface area contributed by atoms with Crippen molar-refractivity contribution < 1.29 is 9.84 Å². The Balaban J connectivity index is 1.14. The van der Waals surface area contributed by atoms with Gasteiger partial charge >= 0.3 is 0 Å². The van der Waals surface area contributed by atoms with Crippen LogP contribution in [0, 0.1) is 5.92 Å². The minimum Gasteiger partial charge on any atom is -0.457 e. The molecule has 33 heavy (non-hydrogen) atoms. The van der Waals surface area contributed by atoms with E-state index in [0.717, 1.165) is 48.4 Å². The summed E-state index contributed by atoms with van der Waals surface area (Å²) in [5.74, 6) is 3.18. The van der Waals surface area contributed by atoms with Crippen LogP contribution in [0.2, 0.25) is 0 Å². The summed E-state index contributed by atoms with van der Waals surface area (Å²) >= 11 is 0. The van der Waals surface area contributed by atoms with Crippen LogP contribution in [0.1, 0.15) is 73.3 Å². The molecule has 2 aromatic heterocycles. The molecule has 1 N–H and O–H groups in total. The second kappa shape index (κ2) is 8.68. The van der Waals surface area contributed by atoms with E-state index < -0.39 is 6.10 Å². The van der Waals surface area contributed by atoms with Gasteiger partial charge in [0.25, 0.3) is 0 Å². The first kappa shape index (κ1) is 20.5. The number of nitrogens with zero attached hydrogens (tertiary/aromatic N) is 2. The maximum Gasteiger partial charge on any atom is 0.127 e. The van der Waals surface area contributed by atoms with E-state index in [0.29, 0.717) is 17.8 Å². The molecule has 0 saturated heterocycles. The number of aliphatic hydroxyl groups excluding tert-OH is 1. The van der Waals surface area contributed by atoms with E-state index in [4.69, 9.17) is 4.74 Å². The Morgan fingerprint density at radius 1 is 0.788 bits per heavy atom. The zero-order valence-electron chi connectivity index (χ0n) is 18.8. The topological polar surface area (TPSA) is 46.8 Å². The predicted octanol–water partition coefficient (Wildman–Crippen LogP) is 7.01. The summed E-state index contributed by atoms with van der Waals surface area (Å²) < 4.78 is 8.06. The summed E-state index contributed by atoms with van der Waals surface area (Å²) in [4.78, 5) is 4.34. The van der Waals surface area contributed by atoms with Crippen molar-refractivity contribution in [1.82, 2.24) is 9.38 Å². The van der Waals surface area contributed by atoms with Crippen molar-refractivity contribution in [2.75, 3.05) is 0 Å². The lowest BCUT2D eigenvalue weighted by Gasteiger charge is -2.33. The van der Waals surface area contributed by atoms with Crippen molar-refractivity contribution in [3.8, 4) is 11.5 Å². The SMILES string of the molecule is O[C@@H](c1c(C2CC2)ccc2cncn12)C1CCC(c2ccc(Oc3ccccc3)cc2)CC1. The third-order valence-electron chi connectivity index (χ3n) is 7.50. The van der Waals surface area contributed by atoms with Crippen LogP contribution in [0.3, 0.4) is 0 Å². The number of hydrogen-bond acceptors (Lipinski definition) is 3. The predicted molar refractivity (Wildman–Crippen MR) is 130 cm³/mol. The average molecular weight is 439 g/mol. The van der Waals surface area contributed by atoms with E-state index >= 15 is 0 Å². The Kier molecular flexibility index (Phi) is 5.39. The fourth-order valence-corrected chi connectivity index (χ4v) is 5.51. The Morgan fingerprint density at radius 2 is 1.48 bits per heavy atom. The van der Waals surface area contributed by atoms with Crippen molar-refractivity contribution in [2.45, 2.75) is 56.5 Å². The third kappa shape index (κ3) is 4.16. The number of pyridine rings is 1. The highest BCUT2D eigenvalue weighted by atomic mass is 16.5. The second-order valence-corrected chi connectivity index (χ2v) is 9.68. The Hall–Kier alpha value is -3.11. The number of rotatable bonds is 6. The highest BCUT2D eigenvalue weighted by molar-refractivity contribution is 5.50. The van der Waals surface area contributed by atoms with Crippen molar-refractivity contribution in [2.24, 2.45) is 5.92 Å². The molecule has 4 nitrogen and oxygen atoms in total. The molecule has 0 spiro atoms. The van der Waals surface area contributed by atoms with Gasteiger partial charge in [-0.15, -0.1) is 0 Å². The van der Waals surface area contributed by atoms with Gasteiger partial charge in [0.05, 0.1) is 29.8 Å². The number of hydrogen-bond donors (Lipinski definition) is 1. The number of benzene rings is 2. The fourth-order valence-electron chi connectivity index (χ4n) is 5.51. The van der Waals surface area contributed by atoms with Gasteiger partial charge in [0.2, 0.25) is 0 Å². The van der Waals surface area contributed by atoms with Crippen LogP contribution < -0.4 is 4.74 Å². The molecular formula is C29H30N2O2. The largest absolute Gasteiger partial charge is 0.457 e. The minimum atomic E-state index is -0.430. The van der Waals surface area contributed by atoms with Crippen LogP contribution in [-0.2, 0) is 0 Å². The number of fused-ring (bicyclic) bond motifs is 1. The molecule has 168 valence electrons. The molecule has 0 radical (unpaired) electrons. The van der Waals surface area contributed by atoms with Crippen LogP contribution in [0.4, 0.5) is 0 Å². The van der Waals surface area contributed by atoms with Gasteiger partial charge in [0.15, 0.2) is 0 Å². The van der Waals surface area contributed by atoms with Crippen LogP contribution >= 0.6 is 0 Å². The van der Waals surface area contributed by atoms with Crippen LogP contribution in [0.5, 0.6) is 11.5 Å². The van der Waals surface area contributed by atoms with Gasteiger partial charge in [-0.3, -0.25) is 0 Å². The van der Waals surface area contributed by atoms with Gasteiger partial charge in [-0.1, -0.05) is 36.4 Å². The molecule has 6 rings (SSSR count).